The third-order valence-corrected chi connectivity index (χ3v) is 4.49. The van der Waals surface area contributed by atoms with Crippen LogP contribution >= 0.6 is 22.3 Å². The molecule has 0 spiro atoms. The van der Waals surface area contributed by atoms with E-state index in [1.165, 1.54) is 12.1 Å². The monoisotopic (exact) mass is 337 g/mol. The number of carbonyl (C=O) groups excluding carboxylic acids is 1. The molecule has 4 nitrogen and oxygen atoms in total. The van der Waals surface area contributed by atoms with Crippen LogP contribution in [0.1, 0.15) is 36.7 Å². The first kappa shape index (κ1) is 17.3. The molecule has 0 saturated carbocycles. The lowest BCUT2D eigenvalue weighted by Crippen LogP contribution is -2.32. The van der Waals surface area contributed by atoms with Crippen LogP contribution < -0.4 is 5.32 Å². The second kappa shape index (κ2) is 5.92. The Kier molecular flexibility index (Phi) is 5.11. The first-order valence-corrected chi connectivity index (χ1v) is 8.63. The van der Waals surface area contributed by atoms with Gasteiger partial charge in [0.2, 0.25) is 0 Å². The number of halogens is 2. The van der Waals surface area contributed by atoms with Crippen molar-refractivity contribution in [1.82, 2.24) is 5.32 Å². The van der Waals surface area contributed by atoms with Gasteiger partial charge in [-0.25, -0.2) is 8.42 Å². The lowest BCUT2D eigenvalue weighted by molar-refractivity contribution is 0.0939. The molecule has 0 saturated heterocycles. The molecule has 1 amide bonds. The minimum Gasteiger partial charge on any atom is -0.352 e. The van der Waals surface area contributed by atoms with Gasteiger partial charge in [-0.1, -0.05) is 32.4 Å². The third kappa shape index (κ3) is 4.65. The number of hydrogen-bond acceptors (Lipinski definition) is 3. The topological polar surface area (TPSA) is 63.2 Å². The van der Waals surface area contributed by atoms with Crippen molar-refractivity contribution in [1.29, 1.82) is 0 Å². The summed E-state index contributed by atoms with van der Waals surface area (Å²) in [6, 6.07) is 2.72. The Labute approximate surface area is 128 Å². The van der Waals surface area contributed by atoms with Crippen LogP contribution in [0.5, 0.6) is 0 Å². The van der Waals surface area contributed by atoms with Crippen LogP contribution in [0.15, 0.2) is 17.0 Å². The molecule has 7 heteroatoms. The zero-order valence-electron chi connectivity index (χ0n) is 11.8. The molecule has 0 heterocycles. The molecule has 0 aliphatic carbocycles. The SMILES string of the molecule is Cc1cc(C(=O)NCC(C)(C)C)cc(S(=O)(=O)Cl)c1Cl. The molecule has 1 N–H and O–H groups in total. The second-order valence-corrected chi connectivity index (χ2v) is 8.70. The summed E-state index contributed by atoms with van der Waals surface area (Å²) in [4.78, 5) is 11.8. The zero-order chi connectivity index (χ0) is 15.7. The Morgan fingerprint density at radius 3 is 2.30 bits per heavy atom. The number of rotatable bonds is 3. The van der Waals surface area contributed by atoms with E-state index in [1.54, 1.807) is 6.92 Å². The van der Waals surface area contributed by atoms with Gasteiger partial charge in [0.25, 0.3) is 15.0 Å². The average Bonchev–Trinajstić information content (AvgIpc) is 2.26. The zero-order valence-corrected chi connectivity index (χ0v) is 14.1. The van der Waals surface area contributed by atoms with E-state index in [2.05, 4.69) is 5.32 Å². The first-order valence-electron chi connectivity index (χ1n) is 5.95. The van der Waals surface area contributed by atoms with Crippen molar-refractivity contribution in [3.05, 3.63) is 28.3 Å². The van der Waals surface area contributed by atoms with Crippen molar-refractivity contribution in [2.24, 2.45) is 5.41 Å². The summed E-state index contributed by atoms with van der Waals surface area (Å²) in [5, 5.41) is 2.78. The summed E-state index contributed by atoms with van der Waals surface area (Å²) in [6.45, 7) is 8.03. The molecule has 0 aliphatic rings. The van der Waals surface area contributed by atoms with E-state index in [0.717, 1.165) is 0 Å². The number of carbonyl (C=O) groups is 1. The maximum Gasteiger partial charge on any atom is 0.262 e. The van der Waals surface area contributed by atoms with Crippen molar-refractivity contribution in [2.75, 3.05) is 6.54 Å². The molecule has 1 aromatic carbocycles. The van der Waals surface area contributed by atoms with E-state index >= 15 is 0 Å². The third-order valence-electron chi connectivity index (χ3n) is 2.53. The second-order valence-electron chi connectivity index (χ2n) is 5.79. The normalized spacial score (nSPS) is 12.3. The fraction of sp³-hybridized carbons (Fsp3) is 0.462. The highest BCUT2D eigenvalue weighted by Gasteiger charge is 2.20. The highest BCUT2D eigenvalue weighted by Crippen LogP contribution is 2.29. The molecule has 0 aliphatic heterocycles. The fourth-order valence-electron chi connectivity index (χ4n) is 1.49. The number of benzene rings is 1. The molecular formula is C13H17Cl2NO3S. The molecule has 0 radical (unpaired) electrons. The van der Waals surface area contributed by atoms with Gasteiger partial charge in [0.1, 0.15) is 4.90 Å². The van der Waals surface area contributed by atoms with Crippen molar-refractivity contribution >= 4 is 37.2 Å². The summed E-state index contributed by atoms with van der Waals surface area (Å²) < 4.78 is 22.9. The van der Waals surface area contributed by atoms with E-state index < -0.39 is 9.05 Å². The van der Waals surface area contributed by atoms with Gasteiger partial charge in [-0.3, -0.25) is 4.79 Å². The van der Waals surface area contributed by atoms with E-state index in [9.17, 15) is 13.2 Å². The Morgan fingerprint density at radius 2 is 1.85 bits per heavy atom. The quantitative estimate of drug-likeness (QED) is 0.860. The Morgan fingerprint density at radius 1 is 1.30 bits per heavy atom. The summed E-state index contributed by atoms with van der Waals surface area (Å²) >= 11 is 5.91. The maximum atomic E-state index is 12.0. The maximum absolute atomic E-state index is 12.0. The summed E-state index contributed by atoms with van der Waals surface area (Å²) in [7, 11) is 1.32. The highest BCUT2D eigenvalue weighted by molar-refractivity contribution is 8.13. The van der Waals surface area contributed by atoms with Gasteiger partial charge in [0.05, 0.1) is 5.02 Å². The Hall–Kier alpha value is -0.780. The van der Waals surface area contributed by atoms with Crippen LogP contribution in [0.3, 0.4) is 0 Å². The van der Waals surface area contributed by atoms with Crippen LogP contribution in [-0.2, 0) is 9.05 Å². The van der Waals surface area contributed by atoms with Crippen molar-refractivity contribution in [3.8, 4) is 0 Å². The van der Waals surface area contributed by atoms with E-state index in [4.69, 9.17) is 22.3 Å². The molecule has 0 atom stereocenters. The van der Waals surface area contributed by atoms with Gasteiger partial charge in [-0.05, 0) is 30.0 Å². The fourth-order valence-corrected chi connectivity index (χ4v) is 3.03. The van der Waals surface area contributed by atoms with Crippen molar-refractivity contribution in [2.45, 2.75) is 32.6 Å². The van der Waals surface area contributed by atoms with Crippen LogP contribution in [0.25, 0.3) is 0 Å². The minimum absolute atomic E-state index is 0.0346. The van der Waals surface area contributed by atoms with E-state index in [1.807, 2.05) is 20.8 Å². The number of hydrogen-bond donors (Lipinski definition) is 1. The van der Waals surface area contributed by atoms with Gasteiger partial charge in [-0.2, -0.15) is 0 Å². The molecule has 0 unspecified atom stereocenters. The predicted molar refractivity (Wildman–Crippen MR) is 81.0 cm³/mol. The molecular weight excluding hydrogens is 321 g/mol. The Balaban J connectivity index is 3.15. The Bertz CT molecular complexity index is 634. The van der Waals surface area contributed by atoms with Crippen LogP contribution in [0.4, 0.5) is 0 Å². The van der Waals surface area contributed by atoms with Crippen LogP contribution in [-0.4, -0.2) is 20.9 Å². The lowest BCUT2D eigenvalue weighted by atomic mass is 9.97. The minimum atomic E-state index is -4.00. The van der Waals surface area contributed by atoms with Crippen LogP contribution in [0.2, 0.25) is 5.02 Å². The molecule has 0 aromatic heterocycles. The van der Waals surface area contributed by atoms with Gasteiger partial charge in [0, 0.05) is 22.8 Å². The van der Waals surface area contributed by atoms with Gasteiger partial charge < -0.3 is 5.32 Å². The molecule has 112 valence electrons. The highest BCUT2D eigenvalue weighted by atomic mass is 35.7. The summed E-state index contributed by atoms with van der Waals surface area (Å²) in [6.07, 6.45) is 0. The first-order chi connectivity index (χ1) is 8.92. The van der Waals surface area contributed by atoms with E-state index in [0.29, 0.717) is 12.1 Å². The average molecular weight is 338 g/mol. The predicted octanol–water partition coefficient (Wildman–Crippen LogP) is 3.35. The standard InChI is InChI=1S/C13H17Cl2NO3S/c1-8-5-9(12(17)16-7-13(2,3)4)6-10(11(8)14)20(15,18)19/h5-6H,7H2,1-4H3,(H,16,17). The van der Waals surface area contributed by atoms with Gasteiger partial charge >= 0.3 is 0 Å². The number of aryl methyl sites for hydroxylation is 1. The lowest BCUT2D eigenvalue weighted by Gasteiger charge is -2.19. The van der Waals surface area contributed by atoms with Gasteiger partial charge in [0.15, 0.2) is 0 Å². The molecule has 0 fully saturated rings. The van der Waals surface area contributed by atoms with Crippen LogP contribution in [0, 0.1) is 12.3 Å². The summed E-state index contributed by atoms with van der Waals surface area (Å²) in [5.74, 6) is -0.360. The van der Waals surface area contributed by atoms with Gasteiger partial charge in [-0.15, -0.1) is 0 Å². The summed E-state index contributed by atoms with van der Waals surface area (Å²) in [5.41, 5.74) is 0.628. The van der Waals surface area contributed by atoms with E-state index in [-0.39, 0.29) is 26.8 Å². The molecule has 0 bridgehead atoms. The van der Waals surface area contributed by atoms with Crippen molar-refractivity contribution < 1.29 is 13.2 Å². The molecule has 20 heavy (non-hydrogen) atoms. The number of amides is 1. The molecule has 1 aromatic rings. The number of nitrogens with one attached hydrogen (secondary N) is 1. The largest absolute Gasteiger partial charge is 0.352 e. The molecule has 1 rings (SSSR count). The van der Waals surface area contributed by atoms with Crippen molar-refractivity contribution in [3.63, 3.8) is 0 Å². The smallest absolute Gasteiger partial charge is 0.262 e.